The lowest BCUT2D eigenvalue weighted by Crippen LogP contribution is -2.47. The fraction of sp³-hybridized carbons (Fsp3) is 0.481. The number of hydrogen-bond donors (Lipinski definition) is 4. The Balaban J connectivity index is 1.37. The van der Waals surface area contributed by atoms with Crippen molar-refractivity contribution in [3.63, 3.8) is 0 Å². The molecule has 42 heavy (non-hydrogen) atoms. The van der Waals surface area contributed by atoms with Crippen LogP contribution in [0.3, 0.4) is 0 Å². The van der Waals surface area contributed by atoms with Gasteiger partial charge in [-0.1, -0.05) is 44.9 Å². The molecule has 0 radical (unpaired) electrons. The Morgan fingerprint density at radius 1 is 1.29 bits per heavy atom. The first-order valence-electron chi connectivity index (χ1n) is 13.6. The number of carbonyl (C=O) groups excluding carboxylic acids is 1. The van der Waals surface area contributed by atoms with E-state index in [1.165, 1.54) is 36.0 Å². The van der Waals surface area contributed by atoms with Crippen LogP contribution in [-0.2, 0) is 29.0 Å². The lowest BCUT2D eigenvalue weighted by Gasteiger charge is -2.30. The van der Waals surface area contributed by atoms with Crippen LogP contribution in [0.4, 0.5) is 5.82 Å². The Labute approximate surface area is 241 Å². The highest BCUT2D eigenvalue weighted by atomic mass is 31.2. The maximum Gasteiger partial charge on any atom is 0.459 e. The molecule has 0 spiro atoms. The van der Waals surface area contributed by atoms with Crippen LogP contribution >= 0.6 is 7.75 Å². The predicted molar refractivity (Wildman–Crippen MR) is 148 cm³/mol. The van der Waals surface area contributed by atoms with Gasteiger partial charge in [-0.3, -0.25) is 9.32 Å². The predicted octanol–water partition coefficient (Wildman–Crippen LogP) is 2.06. The molecule has 1 aromatic carbocycles. The number of anilines is 1. The molecule has 0 amide bonds. The lowest BCUT2D eigenvalue weighted by molar-refractivity contribution is -0.146. The number of aliphatic hydroxyl groups is 2. The maximum atomic E-state index is 14.0. The summed E-state index contributed by atoms with van der Waals surface area (Å²) in [6.45, 7) is 5.64. The minimum Gasteiger partial charge on any atom is -0.464 e. The molecule has 15 heteroatoms. The lowest BCUT2D eigenvalue weighted by atomic mass is 9.90. The Morgan fingerprint density at radius 2 is 2.00 bits per heavy atom. The third kappa shape index (κ3) is 5.02. The van der Waals surface area contributed by atoms with Crippen LogP contribution in [0, 0.1) is 17.2 Å². The van der Waals surface area contributed by atoms with Gasteiger partial charge in [0.05, 0.1) is 12.3 Å². The normalized spacial score (nSPS) is 28.5. The van der Waals surface area contributed by atoms with Crippen molar-refractivity contribution < 1.29 is 38.1 Å². The number of nitrogens with two attached hydrogens (primary N) is 1. The van der Waals surface area contributed by atoms with Crippen molar-refractivity contribution in [1.82, 2.24) is 19.7 Å². The van der Waals surface area contributed by atoms with E-state index in [0.717, 1.165) is 12.8 Å². The van der Waals surface area contributed by atoms with E-state index < -0.39 is 49.3 Å². The molecule has 224 valence electrons. The number of aromatic nitrogens is 3. The van der Waals surface area contributed by atoms with Crippen LogP contribution in [0.1, 0.15) is 39.3 Å². The van der Waals surface area contributed by atoms with E-state index in [-0.39, 0.29) is 29.8 Å². The molecular weight excluding hydrogens is 567 g/mol. The molecule has 1 aliphatic heterocycles. The number of hydrogen-bond acceptors (Lipinski definition) is 12. The van der Waals surface area contributed by atoms with E-state index in [9.17, 15) is 24.8 Å². The van der Waals surface area contributed by atoms with E-state index in [2.05, 4.69) is 15.2 Å². The van der Waals surface area contributed by atoms with Gasteiger partial charge in [0.25, 0.3) is 0 Å². The molecule has 1 unspecified atom stereocenters. The summed E-state index contributed by atoms with van der Waals surface area (Å²) in [5.41, 5.74) is 2.17. The number of benzene rings is 1. The number of nitrogens with zero attached hydrogens (tertiary/aromatic N) is 4. The van der Waals surface area contributed by atoms with Gasteiger partial charge in [0.15, 0.2) is 11.4 Å². The number of nitrogens with one attached hydrogen (secondary N) is 1. The molecule has 1 aliphatic carbocycles. The van der Waals surface area contributed by atoms with Crippen LogP contribution in [-0.4, -0.2) is 67.3 Å². The second-order valence-corrected chi connectivity index (χ2v) is 12.1. The van der Waals surface area contributed by atoms with Gasteiger partial charge in [-0.25, -0.2) is 14.1 Å². The van der Waals surface area contributed by atoms with Crippen molar-refractivity contribution >= 4 is 25.1 Å². The van der Waals surface area contributed by atoms with Gasteiger partial charge < -0.3 is 29.9 Å². The molecule has 7 atom stereocenters. The summed E-state index contributed by atoms with van der Waals surface area (Å²) in [5.74, 6) is -0.184. The largest absolute Gasteiger partial charge is 0.464 e. The van der Waals surface area contributed by atoms with Crippen molar-refractivity contribution in [3.8, 4) is 11.8 Å². The number of aliphatic hydroxyl groups excluding tert-OH is 1. The third-order valence-electron chi connectivity index (χ3n) is 7.78. The highest BCUT2D eigenvalue weighted by molar-refractivity contribution is 7.52. The molecule has 2 fully saturated rings. The van der Waals surface area contributed by atoms with Crippen molar-refractivity contribution in [3.05, 3.63) is 54.5 Å². The van der Waals surface area contributed by atoms with Crippen LogP contribution in [0.5, 0.6) is 5.75 Å². The highest BCUT2D eigenvalue weighted by Gasteiger charge is 2.83. The highest BCUT2D eigenvalue weighted by Crippen LogP contribution is 2.63. The first kappa shape index (κ1) is 29.9. The molecule has 3 aromatic rings. The van der Waals surface area contributed by atoms with Gasteiger partial charge in [-0.05, 0) is 37.1 Å². The molecule has 14 nitrogen and oxygen atoms in total. The van der Waals surface area contributed by atoms with Crippen LogP contribution in [0.2, 0.25) is 0 Å². The number of para-hydroxylation sites is 1. The van der Waals surface area contributed by atoms with Crippen LogP contribution < -0.4 is 15.3 Å². The maximum absolute atomic E-state index is 14.0. The minimum atomic E-state index is -4.41. The van der Waals surface area contributed by atoms with E-state index in [4.69, 9.17) is 24.3 Å². The monoisotopic (exact) mass is 600 g/mol. The number of carbonyl (C=O) groups is 1. The second-order valence-electron chi connectivity index (χ2n) is 10.4. The Bertz CT molecular complexity index is 1540. The van der Waals surface area contributed by atoms with Crippen molar-refractivity contribution in [2.24, 2.45) is 5.92 Å². The van der Waals surface area contributed by atoms with E-state index >= 15 is 0 Å². The number of esters is 1. The molecular formula is C27H33N6O8P. The zero-order chi connectivity index (χ0) is 30.3. The molecule has 5 rings (SSSR count). The smallest absolute Gasteiger partial charge is 0.459 e. The second kappa shape index (κ2) is 11.3. The minimum absolute atomic E-state index is 0.108. The average Bonchev–Trinajstić information content (AvgIpc) is 3.25. The summed E-state index contributed by atoms with van der Waals surface area (Å²) in [5, 5.41) is 39.6. The summed E-state index contributed by atoms with van der Waals surface area (Å²) in [6, 6.07) is 12.0. The molecule has 5 N–H and O–H groups in total. The Kier molecular flexibility index (Phi) is 8.02. The van der Waals surface area contributed by atoms with E-state index in [1.807, 2.05) is 19.9 Å². The topological polar surface area (TPSA) is 204 Å². The van der Waals surface area contributed by atoms with Gasteiger partial charge in [-0.15, -0.1) is 0 Å². The summed E-state index contributed by atoms with van der Waals surface area (Å²) >= 11 is 0. The number of fused-ring (bicyclic) bond motifs is 2. The molecule has 0 bridgehead atoms. The third-order valence-corrected chi connectivity index (χ3v) is 9.44. The van der Waals surface area contributed by atoms with Gasteiger partial charge in [-0.2, -0.15) is 15.4 Å². The van der Waals surface area contributed by atoms with Crippen LogP contribution in [0.25, 0.3) is 5.52 Å². The van der Waals surface area contributed by atoms with Gasteiger partial charge >= 0.3 is 13.7 Å². The zero-order valence-electron chi connectivity index (χ0n) is 23.3. The fourth-order valence-corrected chi connectivity index (χ4v) is 6.81. The summed E-state index contributed by atoms with van der Waals surface area (Å²) < 4.78 is 38.1. The fourth-order valence-electron chi connectivity index (χ4n) is 5.09. The number of nitrogen functional groups attached to an aromatic ring is 1. The standard InChI is InChI=1S/C27H33N6O8P/c1-4-17(5-2)13-38-24(34)16(3)32-42(37,40-18-9-7-6-8-10-18)41-22-21-27(22,36)25(35)26(14-28,39-21)20-12-11-19-23(29)30-15-31-33(19)20/h6-12,15-17,21-22,25,35-36H,4-5,13H2,1-3H3,(H,32,37)(H2,29,30,31)/t16-,21+,22?,25-,26-,27-,42+/m0/s1. The molecule has 3 heterocycles. The molecule has 2 aliphatic rings. The number of nitriles is 1. The van der Waals surface area contributed by atoms with Gasteiger partial charge in [0.2, 0.25) is 5.60 Å². The summed E-state index contributed by atoms with van der Waals surface area (Å²) in [4.78, 5) is 16.6. The Morgan fingerprint density at radius 3 is 2.62 bits per heavy atom. The van der Waals surface area contributed by atoms with Gasteiger partial charge in [0, 0.05) is 0 Å². The van der Waals surface area contributed by atoms with Crippen molar-refractivity contribution in [1.29, 1.82) is 5.26 Å². The Hall–Kier alpha value is -3.57. The summed E-state index contributed by atoms with van der Waals surface area (Å²) in [6.07, 6.45) is -1.67. The van der Waals surface area contributed by atoms with Crippen molar-refractivity contribution in [2.75, 3.05) is 12.3 Å². The average molecular weight is 601 g/mol. The zero-order valence-corrected chi connectivity index (χ0v) is 24.2. The van der Waals surface area contributed by atoms with Gasteiger partial charge in [0.1, 0.15) is 48.0 Å². The first-order chi connectivity index (χ1) is 20.0. The van der Waals surface area contributed by atoms with E-state index in [0.29, 0.717) is 5.52 Å². The number of ether oxygens (including phenoxy) is 2. The van der Waals surface area contributed by atoms with E-state index in [1.54, 1.807) is 24.3 Å². The number of rotatable bonds is 12. The van der Waals surface area contributed by atoms with Crippen molar-refractivity contribution in [2.45, 2.75) is 69.2 Å². The SMILES string of the molecule is CCC(CC)COC(=O)[C@H](C)N[P@@](=O)(Oc1ccccc1)OC1[C@H]2O[C@@](C#N)(c3ccc4c(N)ncnn34)[C@H](O)[C@@]12O. The first-order valence-corrected chi connectivity index (χ1v) is 15.1. The quantitative estimate of drug-likeness (QED) is 0.174. The molecule has 1 saturated heterocycles. The molecule has 1 saturated carbocycles. The van der Waals surface area contributed by atoms with Crippen LogP contribution in [0.15, 0.2) is 48.8 Å². The summed E-state index contributed by atoms with van der Waals surface area (Å²) in [7, 11) is -4.41. The molecule has 2 aromatic heterocycles.